The lowest BCUT2D eigenvalue weighted by molar-refractivity contribution is -0.145. The SMILES string of the molecule is CC(C)C[C@H](NC(=O)[C@@H](N)Cc1ccc(O)cc1)C(=O)N[C@@H](CC(=O)O)C(=O)N[C@@H](CCCCN)C(=O)N[C@H](C(=O)N[C@@H](CCCNC(=N)N)C(=O)N[C@@H](C)C(=O)N[C@H](C(=O)N[C@H](C(=O)NCC(=O)N[C@H](C(=O)N[C@@H](CCC(=O)O)C(=O)N[C@@H](Cc1c[nH]c2ccccc12)C(=O)N[C@H](C(=O)N1CCC[C@H]1C(=O)N[C@@H](CS)C(=O)N[C@@H](CO)C(=O)N[C@H](C(=O)N[C@H](C(=O)O)[C@@H](C)O)C(C)C)[C@@H](C)O)[C@@H](C)O)C(C)C)[C@@H](C)O)C(C)C. The third-order valence-electron chi connectivity index (χ3n) is 23.9. The average Bonchev–Trinajstić information content (AvgIpc) is 1.68. The molecule has 830 valence electrons. The lowest BCUT2D eigenvalue weighted by Gasteiger charge is -2.32. The molecule has 2 heterocycles. The number of aliphatic hydroxyl groups is 5. The van der Waals surface area contributed by atoms with E-state index in [1.807, 2.05) is 0 Å². The zero-order valence-corrected chi connectivity index (χ0v) is 86.3. The number of benzene rings is 2. The molecule has 0 aliphatic carbocycles. The molecule has 1 aliphatic heterocycles. The molecule has 1 aromatic heterocycles. The zero-order chi connectivity index (χ0) is 112. The van der Waals surface area contributed by atoms with E-state index in [2.05, 4.69) is 113 Å². The summed E-state index contributed by atoms with van der Waals surface area (Å²) in [6.45, 7) is 15.7. The molecule has 0 radical (unpaired) electrons. The fourth-order valence-corrected chi connectivity index (χ4v) is 15.8. The highest BCUT2D eigenvalue weighted by atomic mass is 32.1. The summed E-state index contributed by atoms with van der Waals surface area (Å²) in [6, 6.07) is -17.3. The van der Waals surface area contributed by atoms with Crippen LogP contribution in [-0.4, -0.2) is 358 Å². The van der Waals surface area contributed by atoms with Gasteiger partial charge in [0.1, 0.15) is 102 Å². The van der Waals surface area contributed by atoms with Gasteiger partial charge < -0.3 is 169 Å². The van der Waals surface area contributed by atoms with Crippen molar-refractivity contribution in [3.8, 4) is 5.75 Å². The van der Waals surface area contributed by atoms with Crippen LogP contribution in [-0.2, 0) is 114 Å². The van der Waals surface area contributed by atoms with Gasteiger partial charge in [-0.25, -0.2) is 4.79 Å². The van der Waals surface area contributed by atoms with Gasteiger partial charge in [0.2, 0.25) is 106 Å². The number of carbonyl (C=O) groups is 21. The number of carboxylic acid groups (broad SMARTS) is 3. The number of fused-ring (bicyclic) bond motifs is 1. The van der Waals surface area contributed by atoms with Gasteiger partial charge in [-0.3, -0.25) is 101 Å². The number of rotatable bonds is 64. The van der Waals surface area contributed by atoms with Crippen molar-refractivity contribution >= 4 is 154 Å². The molecule has 54 nitrogen and oxygen atoms in total. The van der Waals surface area contributed by atoms with E-state index in [4.69, 9.17) is 22.6 Å². The van der Waals surface area contributed by atoms with Crippen LogP contribution in [0.1, 0.15) is 172 Å². The van der Waals surface area contributed by atoms with Crippen LogP contribution in [0, 0.1) is 29.1 Å². The van der Waals surface area contributed by atoms with Crippen molar-refractivity contribution in [1.29, 1.82) is 5.41 Å². The fourth-order valence-electron chi connectivity index (χ4n) is 15.5. The second-order valence-corrected chi connectivity index (χ2v) is 38.3. The van der Waals surface area contributed by atoms with Gasteiger partial charge in [-0.15, -0.1) is 0 Å². The maximum atomic E-state index is 14.9. The van der Waals surface area contributed by atoms with Crippen LogP contribution in [0.5, 0.6) is 5.75 Å². The number of likely N-dealkylation sites (tertiary alicyclic amines) is 1. The van der Waals surface area contributed by atoms with E-state index in [9.17, 15) is 147 Å². The largest absolute Gasteiger partial charge is 0.508 e. The van der Waals surface area contributed by atoms with Gasteiger partial charge in [0.15, 0.2) is 12.0 Å². The number of carboxylic acids is 3. The van der Waals surface area contributed by atoms with Crippen LogP contribution in [0.15, 0.2) is 54.7 Å². The standard InChI is InChI=1S/C94H148N24O30S/c1-42(2)34-60(106-77(131)55(96)35-51-25-27-53(124)28-26-51)81(135)108-62(37-68(128)129)82(136)103-57(22-16-17-31-95)80(134)112-70(44(5)6)88(142)104-58(23-18-32-99-94(97)98)78(132)102-46(9)76(130)115-73(48(11)121)91(145)114-69(43(3)4)87(141)101-39-66(125)111-72(47(10)120)90(144)105-59(29-30-67(126)127)79(133)107-61(36-52-38-100-56-21-15-14-20-54(52)56)83(137)116-74(49(12)122)92(146)118-33-19-24-65(118)86(140)110-64(41-149)85(139)109-63(40-119)84(138)113-71(45(7)8)89(143)117-75(50(13)123)93(147)148/h14-15,20-21,25-28,38,42-50,55,57-65,69-75,100,119-124,149H,16-19,22-24,29-37,39-41,95-96H2,1-13H3,(H,101,141)(H,102,132)(H,103,136)(H,104,142)(H,105,144)(H,106,131)(H,107,133)(H,108,135)(H,109,139)(H,110,140)(H,111,125)(H,112,134)(H,113,138)(H,114,145)(H,115,130)(H,116,137)(H,117,143)(H,126,127)(H,128,129)(H,147,148)(H4,97,98,99)/t46-,47+,48+,49+,50+,55-,57-,58-,59-,60-,61-,62-,63-,64-,65-,69-,70-,71-,72-,73-,74-,75-/m0/s1. The quantitative estimate of drug-likeness (QED) is 0.0108. The molecule has 0 saturated carbocycles. The minimum Gasteiger partial charge on any atom is -0.508 e. The molecule has 22 atom stereocenters. The number of unbranched alkanes of at least 4 members (excludes halogenated alkanes) is 1. The highest BCUT2D eigenvalue weighted by Crippen LogP contribution is 2.24. The number of aromatic amines is 1. The molecule has 55 heteroatoms. The normalized spacial score (nSPS) is 16.6. The molecule has 18 amide bonds. The third kappa shape index (κ3) is 41.9. The van der Waals surface area contributed by atoms with Gasteiger partial charge in [0.25, 0.3) is 0 Å². The predicted molar refractivity (Wildman–Crippen MR) is 537 cm³/mol. The third-order valence-corrected chi connectivity index (χ3v) is 24.3. The fraction of sp³-hybridized carbons (Fsp3) is 0.617. The van der Waals surface area contributed by atoms with Crippen LogP contribution in [0.25, 0.3) is 10.9 Å². The first-order chi connectivity index (χ1) is 69.9. The van der Waals surface area contributed by atoms with Crippen molar-refractivity contribution in [1.82, 2.24) is 106 Å². The number of nitrogens with one attached hydrogen (secondary N) is 20. The van der Waals surface area contributed by atoms with E-state index in [-0.39, 0.29) is 82.7 Å². The summed E-state index contributed by atoms with van der Waals surface area (Å²) >= 11 is 4.19. The van der Waals surface area contributed by atoms with Crippen LogP contribution < -0.4 is 113 Å². The number of H-pyrrole nitrogens is 1. The van der Waals surface area contributed by atoms with Crippen molar-refractivity contribution in [2.75, 3.05) is 38.5 Å². The first-order valence-electron chi connectivity index (χ1n) is 48.8. The number of carbonyl (C=O) groups excluding carboxylic acids is 18. The smallest absolute Gasteiger partial charge is 0.328 e. The van der Waals surface area contributed by atoms with Gasteiger partial charge in [0, 0.05) is 48.8 Å². The molecular weight excluding hydrogens is 1980 g/mol. The Morgan fingerprint density at radius 3 is 1.44 bits per heavy atom. The number of nitrogens with zero attached hydrogens (tertiary/aromatic N) is 1. The van der Waals surface area contributed by atoms with Crippen molar-refractivity contribution in [2.24, 2.45) is 40.9 Å². The average molecular weight is 2130 g/mol. The molecular formula is C94H148N24O30S. The number of aromatic nitrogens is 1. The minimum absolute atomic E-state index is 0.00537. The van der Waals surface area contributed by atoms with Gasteiger partial charge >= 0.3 is 17.9 Å². The number of aromatic hydroxyl groups is 1. The Morgan fingerprint density at radius 1 is 0.456 bits per heavy atom. The summed E-state index contributed by atoms with van der Waals surface area (Å²) in [5, 5.41) is 144. The topological polar surface area (TPSA) is 878 Å². The molecule has 1 saturated heterocycles. The number of aliphatic hydroxyl groups excluding tert-OH is 5. The van der Waals surface area contributed by atoms with Crippen LogP contribution in [0.3, 0.4) is 0 Å². The molecule has 3 aromatic rings. The van der Waals surface area contributed by atoms with E-state index >= 15 is 0 Å². The second kappa shape index (κ2) is 62.3. The number of para-hydroxylation sites is 1. The number of phenolic OH excluding ortho intramolecular Hbond substituents is 1. The van der Waals surface area contributed by atoms with Crippen molar-refractivity contribution in [3.63, 3.8) is 0 Å². The number of guanidine groups is 1. The van der Waals surface area contributed by atoms with Crippen LogP contribution >= 0.6 is 12.6 Å². The number of amides is 18. The van der Waals surface area contributed by atoms with E-state index < -0.39 is 326 Å². The summed E-state index contributed by atoms with van der Waals surface area (Å²) in [5.41, 5.74) is 18.9. The number of thiol groups is 1. The molecule has 4 rings (SSSR count). The lowest BCUT2D eigenvalue weighted by Crippen LogP contribution is -2.63. The second-order valence-electron chi connectivity index (χ2n) is 38.0. The summed E-state index contributed by atoms with van der Waals surface area (Å²) in [5.74, 6) is -27.8. The Morgan fingerprint density at radius 2 is 0.899 bits per heavy atom. The number of aliphatic carboxylic acids is 3. The van der Waals surface area contributed by atoms with E-state index in [1.54, 1.807) is 50.2 Å². The Bertz CT molecular complexity index is 5120. The van der Waals surface area contributed by atoms with Crippen LogP contribution in [0.2, 0.25) is 0 Å². The van der Waals surface area contributed by atoms with Crippen molar-refractivity contribution < 1.29 is 147 Å². The predicted octanol–water partition coefficient (Wildman–Crippen LogP) is -8.85. The van der Waals surface area contributed by atoms with Gasteiger partial charge in [-0.05, 0) is 158 Å². The highest BCUT2D eigenvalue weighted by Gasteiger charge is 2.45. The Labute approximate surface area is 865 Å². The summed E-state index contributed by atoms with van der Waals surface area (Å²) < 4.78 is 0. The molecule has 2 aromatic carbocycles. The molecule has 35 N–H and O–H groups in total. The minimum atomic E-state index is -2.02. The summed E-state index contributed by atoms with van der Waals surface area (Å²) in [6.07, 6.45) is -8.32. The maximum absolute atomic E-state index is 14.9. The number of phenols is 1. The highest BCUT2D eigenvalue weighted by molar-refractivity contribution is 7.80. The monoisotopic (exact) mass is 2130 g/mol. The van der Waals surface area contributed by atoms with E-state index in [0.29, 0.717) is 28.5 Å². The Hall–Kier alpha value is -14.0. The molecule has 149 heavy (non-hydrogen) atoms. The molecule has 0 spiro atoms. The number of hydrogen-bond acceptors (Lipinski definition) is 31. The first kappa shape index (κ1) is 127. The maximum Gasteiger partial charge on any atom is 0.328 e. The van der Waals surface area contributed by atoms with Gasteiger partial charge in [-0.2, -0.15) is 12.6 Å². The van der Waals surface area contributed by atoms with E-state index in [1.165, 1.54) is 59.9 Å². The zero-order valence-electron chi connectivity index (χ0n) is 85.4. The number of hydrogen-bond donors (Lipinski definition) is 33. The lowest BCUT2D eigenvalue weighted by atomic mass is 10.00. The molecule has 1 fully saturated rings. The van der Waals surface area contributed by atoms with E-state index in [0.717, 1.165) is 39.5 Å². The first-order valence-corrected chi connectivity index (χ1v) is 49.4. The van der Waals surface area contributed by atoms with Gasteiger partial charge in [-0.1, -0.05) is 85.7 Å². The van der Waals surface area contributed by atoms with Crippen LogP contribution in [0.4, 0.5) is 0 Å². The van der Waals surface area contributed by atoms with Crippen molar-refractivity contribution in [2.45, 2.75) is 307 Å². The summed E-state index contributed by atoms with van der Waals surface area (Å²) in [4.78, 5) is 294. The van der Waals surface area contributed by atoms with Gasteiger partial charge in [0.05, 0.1) is 50.0 Å². The Kier molecular flexibility index (Phi) is 53.2. The summed E-state index contributed by atoms with van der Waals surface area (Å²) in [7, 11) is 0. The molecule has 0 bridgehead atoms. The Balaban J connectivity index is 1.50. The number of nitrogens with two attached hydrogens (primary N) is 3. The molecule has 0 unspecified atom stereocenters. The van der Waals surface area contributed by atoms with Crippen molar-refractivity contribution in [3.05, 3.63) is 65.9 Å². The molecule has 1 aliphatic rings.